The molecule has 0 bridgehead atoms. The zero-order chi connectivity index (χ0) is 15.5. The SMILES string of the molecule is CCn1ccnc(NCC(C)(O)c2cccc(Cl)c2)c1=O. The van der Waals surface area contributed by atoms with Crippen molar-refractivity contribution in [1.82, 2.24) is 9.55 Å². The van der Waals surface area contributed by atoms with Crippen molar-refractivity contribution in [2.45, 2.75) is 26.0 Å². The van der Waals surface area contributed by atoms with Gasteiger partial charge in [0, 0.05) is 30.5 Å². The summed E-state index contributed by atoms with van der Waals surface area (Å²) in [4.78, 5) is 16.1. The molecule has 1 unspecified atom stereocenters. The zero-order valence-electron chi connectivity index (χ0n) is 12.0. The van der Waals surface area contributed by atoms with E-state index >= 15 is 0 Å². The molecule has 0 amide bonds. The largest absolute Gasteiger partial charge is 0.384 e. The molecule has 0 saturated carbocycles. The summed E-state index contributed by atoms with van der Waals surface area (Å²) in [5.74, 6) is 0.224. The number of nitrogens with zero attached hydrogens (tertiary/aromatic N) is 2. The fourth-order valence-electron chi connectivity index (χ4n) is 2.00. The van der Waals surface area contributed by atoms with Crippen molar-refractivity contribution in [3.05, 3.63) is 57.6 Å². The van der Waals surface area contributed by atoms with Crippen molar-refractivity contribution in [1.29, 1.82) is 0 Å². The van der Waals surface area contributed by atoms with Crippen molar-refractivity contribution >= 4 is 17.4 Å². The van der Waals surface area contributed by atoms with Crippen LogP contribution < -0.4 is 10.9 Å². The van der Waals surface area contributed by atoms with E-state index in [1.807, 2.05) is 6.92 Å². The van der Waals surface area contributed by atoms with Gasteiger partial charge in [0.1, 0.15) is 5.60 Å². The molecule has 5 nitrogen and oxygen atoms in total. The molecule has 112 valence electrons. The minimum Gasteiger partial charge on any atom is -0.384 e. The van der Waals surface area contributed by atoms with Gasteiger partial charge < -0.3 is 15.0 Å². The van der Waals surface area contributed by atoms with Crippen LogP contribution in [0.25, 0.3) is 0 Å². The molecule has 0 saturated heterocycles. The van der Waals surface area contributed by atoms with E-state index in [1.165, 1.54) is 0 Å². The third-order valence-electron chi connectivity index (χ3n) is 3.30. The molecule has 1 aromatic carbocycles. The maximum Gasteiger partial charge on any atom is 0.293 e. The predicted octanol–water partition coefficient (Wildman–Crippen LogP) is 2.24. The summed E-state index contributed by atoms with van der Waals surface area (Å²) in [6, 6.07) is 7.01. The third kappa shape index (κ3) is 3.62. The Labute approximate surface area is 128 Å². The van der Waals surface area contributed by atoms with E-state index in [-0.39, 0.29) is 17.9 Å². The van der Waals surface area contributed by atoms with Gasteiger partial charge in [0.05, 0.1) is 0 Å². The number of aromatic nitrogens is 2. The number of aryl methyl sites for hydroxylation is 1. The van der Waals surface area contributed by atoms with Crippen LogP contribution in [0.4, 0.5) is 5.82 Å². The molecule has 0 aliphatic heterocycles. The van der Waals surface area contributed by atoms with E-state index in [2.05, 4.69) is 10.3 Å². The van der Waals surface area contributed by atoms with Crippen molar-refractivity contribution in [3.8, 4) is 0 Å². The lowest BCUT2D eigenvalue weighted by Gasteiger charge is -2.24. The predicted molar refractivity (Wildman–Crippen MR) is 83.7 cm³/mol. The van der Waals surface area contributed by atoms with Crippen LogP contribution in [0.3, 0.4) is 0 Å². The first-order chi connectivity index (χ1) is 9.94. The van der Waals surface area contributed by atoms with Gasteiger partial charge in [-0.3, -0.25) is 4.79 Å². The molecule has 0 aliphatic carbocycles. The van der Waals surface area contributed by atoms with Gasteiger partial charge in [0.15, 0.2) is 5.82 Å². The summed E-state index contributed by atoms with van der Waals surface area (Å²) in [7, 11) is 0. The Morgan fingerprint density at radius 2 is 2.24 bits per heavy atom. The van der Waals surface area contributed by atoms with Gasteiger partial charge >= 0.3 is 0 Å². The molecule has 0 spiro atoms. The van der Waals surface area contributed by atoms with Gasteiger partial charge in [-0.05, 0) is 31.5 Å². The van der Waals surface area contributed by atoms with Crippen molar-refractivity contribution in [3.63, 3.8) is 0 Å². The molecular formula is C15H18ClN3O2. The quantitative estimate of drug-likeness (QED) is 0.889. The van der Waals surface area contributed by atoms with Crippen molar-refractivity contribution < 1.29 is 5.11 Å². The monoisotopic (exact) mass is 307 g/mol. The lowest BCUT2D eigenvalue weighted by Crippen LogP contribution is -2.33. The van der Waals surface area contributed by atoms with Crippen LogP contribution in [-0.4, -0.2) is 21.2 Å². The van der Waals surface area contributed by atoms with Crippen LogP contribution in [0.5, 0.6) is 0 Å². The summed E-state index contributed by atoms with van der Waals surface area (Å²) < 4.78 is 1.55. The Kier molecular flexibility index (Phi) is 4.65. The highest BCUT2D eigenvalue weighted by atomic mass is 35.5. The molecule has 2 rings (SSSR count). The highest BCUT2D eigenvalue weighted by Crippen LogP contribution is 2.23. The summed E-state index contributed by atoms with van der Waals surface area (Å²) >= 11 is 5.94. The first-order valence-electron chi connectivity index (χ1n) is 6.72. The number of hydrogen-bond donors (Lipinski definition) is 2. The minimum absolute atomic E-state index is 0.156. The summed E-state index contributed by atoms with van der Waals surface area (Å²) in [6.07, 6.45) is 3.18. The summed E-state index contributed by atoms with van der Waals surface area (Å²) in [5, 5.41) is 14.0. The van der Waals surface area contributed by atoms with Crippen LogP contribution in [0.15, 0.2) is 41.5 Å². The molecule has 1 atom stereocenters. The van der Waals surface area contributed by atoms with Crippen molar-refractivity contribution in [2.24, 2.45) is 0 Å². The van der Waals surface area contributed by atoms with Crippen LogP contribution in [0.2, 0.25) is 5.02 Å². The lowest BCUT2D eigenvalue weighted by molar-refractivity contribution is 0.0714. The van der Waals surface area contributed by atoms with E-state index in [9.17, 15) is 9.90 Å². The van der Waals surface area contributed by atoms with Gasteiger partial charge in [-0.1, -0.05) is 23.7 Å². The minimum atomic E-state index is -1.16. The smallest absolute Gasteiger partial charge is 0.293 e. The van der Waals surface area contributed by atoms with Crippen LogP contribution >= 0.6 is 11.6 Å². The Morgan fingerprint density at radius 1 is 1.48 bits per heavy atom. The van der Waals surface area contributed by atoms with E-state index < -0.39 is 5.60 Å². The lowest BCUT2D eigenvalue weighted by atomic mass is 9.96. The molecule has 0 fully saturated rings. The van der Waals surface area contributed by atoms with Gasteiger partial charge in [-0.2, -0.15) is 0 Å². The van der Waals surface area contributed by atoms with Crippen LogP contribution in [-0.2, 0) is 12.1 Å². The number of aliphatic hydroxyl groups is 1. The van der Waals surface area contributed by atoms with E-state index in [1.54, 1.807) is 48.1 Å². The summed E-state index contributed by atoms with van der Waals surface area (Å²) in [5.41, 5.74) is -0.692. The molecule has 2 aromatic rings. The number of hydrogen-bond acceptors (Lipinski definition) is 4. The topological polar surface area (TPSA) is 67.2 Å². The first kappa shape index (κ1) is 15.5. The Morgan fingerprint density at radius 3 is 2.90 bits per heavy atom. The Bertz CT molecular complexity index is 683. The second-order valence-electron chi connectivity index (χ2n) is 5.00. The molecule has 2 N–H and O–H groups in total. The standard InChI is InChI=1S/C15H18ClN3O2/c1-3-19-8-7-17-13(14(19)20)18-10-15(2,21)11-5-4-6-12(16)9-11/h4-9,21H,3,10H2,1-2H3,(H,17,18). The van der Waals surface area contributed by atoms with Gasteiger partial charge in [-0.15, -0.1) is 0 Å². The van der Waals surface area contributed by atoms with E-state index in [0.717, 1.165) is 0 Å². The number of anilines is 1. The zero-order valence-corrected chi connectivity index (χ0v) is 12.8. The maximum absolute atomic E-state index is 12.0. The van der Waals surface area contributed by atoms with Gasteiger partial charge in [0.25, 0.3) is 5.56 Å². The molecule has 6 heteroatoms. The fourth-order valence-corrected chi connectivity index (χ4v) is 2.19. The number of halogens is 1. The Balaban J connectivity index is 2.17. The maximum atomic E-state index is 12.0. The van der Waals surface area contributed by atoms with Crippen molar-refractivity contribution in [2.75, 3.05) is 11.9 Å². The number of rotatable bonds is 5. The molecule has 0 radical (unpaired) electrons. The normalized spacial score (nSPS) is 13.7. The van der Waals surface area contributed by atoms with Crippen LogP contribution in [0.1, 0.15) is 19.4 Å². The highest BCUT2D eigenvalue weighted by Gasteiger charge is 2.23. The Hall–Kier alpha value is -1.85. The van der Waals surface area contributed by atoms with E-state index in [0.29, 0.717) is 17.1 Å². The van der Waals surface area contributed by atoms with Gasteiger partial charge in [0.2, 0.25) is 0 Å². The third-order valence-corrected chi connectivity index (χ3v) is 3.54. The summed E-state index contributed by atoms with van der Waals surface area (Å²) in [6.45, 7) is 4.27. The highest BCUT2D eigenvalue weighted by molar-refractivity contribution is 6.30. The van der Waals surface area contributed by atoms with Crippen LogP contribution in [0, 0.1) is 0 Å². The second kappa shape index (κ2) is 6.28. The van der Waals surface area contributed by atoms with Gasteiger partial charge in [-0.25, -0.2) is 4.98 Å². The molecular weight excluding hydrogens is 290 g/mol. The second-order valence-corrected chi connectivity index (χ2v) is 5.44. The number of benzene rings is 1. The average Bonchev–Trinajstić information content (AvgIpc) is 2.46. The molecule has 1 aromatic heterocycles. The molecule has 1 heterocycles. The molecule has 21 heavy (non-hydrogen) atoms. The first-order valence-corrected chi connectivity index (χ1v) is 7.09. The average molecular weight is 308 g/mol. The van der Waals surface area contributed by atoms with E-state index in [4.69, 9.17) is 11.6 Å². The molecule has 0 aliphatic rings. The number of nitrogens with one attached hydrogen (secondary N) is 1. The fraction of sp³-hybridized carbons (Fsp3) is 0.333.